The summed E-state index contributed by atoms with van der Waals surface area (Å²) < 4.78 is 5.71. The molecule has 0 bridgehead atoms. The molecule has 1 atom stereocenters. The molecule has 0 aromatic heterocycles. The number of hydrogen-bond acceptors (Lipinski definition) is 4. The molecule has 0 aliphatic carbocycles. The molecule has 0 spiro atoms. The standard InChI is InChI=1S/C13H26N2O2S/c1-3-18-10-11(2)15-13(16)6-9-17-12-4-7-14-8-5-12/h11-12,14H,3-10H2,1-2H3,(H,15,16). The second kappa shape index (κ2) is 9.64. The third kappa shape index (κ3) is 7.24. The second-order valence-electron chi connectivity index (χ2n) is 4.70. The van der Waals surface area contributed by atoms with Crippen LogP contribution < -0.4 is 10.6 Å². The Balaban J connectivity index is 2.01. The number of carbonyl (C=O) groups is 1. The normalized spacial score (nSPS) is 18.6. The van der Waals surface area contributed by atoms with E-state index in [1.54, 1.807) is 0 Å². The van der Waals surface area contributed by atoms with Crippen LogP contribution in [0.1, 0.15) is 33.1 Å². The fraction of sp³-hybridized carbons (Fsp3) is 0.923. The maximum atomic E-state index is 11.6. The van der Waals surface area contributed by atoms with Crippen molar-refractivity contribution in [3.8, 4) is 0 Å². The molecule has 1 amide bonds. The highest BCUT2D eigenvalue weighted by Gasteiger charge is 2.14. The van der Waals surface area contributed by atoms with E-state index in [9.17, 15) is 4.79 Å². The Kier molecular flexibility index (Phi) is 8.46. The number of thioether (sulfide) groups is 1. The van der Waals surface area contributed by atoms with Crippen molar-refractivity contribution in [2.75, 3.05) is 31.2 Å². The van der Waals surface area contributed by atoms with E-state index in [2.05, 4.69) is 17.6 Å². The summed E-state index contributed by atoms with van der Waals surface area (Å²) in [6, 6.07) is 0.251. The first-order valence-electron chi connectivity index (χ1n) is 6.91. The van der Waals surface area contributed by atoms with Crippen LogP contribution in [0.3, 0.4) is 0 Å². The van der Waals surface area contributed by atoms with Gasteiger partial charge in [0.15, 0.2) is 0 Å². The minimum Gasteiger partial charge on any atom is -0.378 e. The zero-order chi connectivity index (χ0) is 13.2. The average molecular weight is 274 g/mol. The van der Waals surface area contributed by atoms with Gasteiger partial charge >= 0.3 is 0 Å². The van der Waals surface area contributed by atoms with Gasteiger partial charge in [-0.1, -0.05) is 6.92 Å². The number of piperidine rings is 1. The Hall–Kier alpha value is -0.260. The van der Waals surface area contributed by atoms with Crippen molar-refractivity contribution in [3.05, 3.63) is 0 Å². The molecule has 0 radical (unpaired) electrons. The Morgan fingerprint density at radius 1 is 1.50 bits per heavy atom. The summed E-state index contributed by atoms with van der Waals surface area (Å²) in [6.45, 7) is 6.79. The van der Waals surface area contributed by atoms with E-state index in [0.717, 1.165) is 37.4 Å². The molecule has 1 heterocycles. The van der Waals surface area contributed by atoms with E-state index >= 15 is 0 Å². The van der Waals surface area contributed by atoms with Gasteiger partial charge in [-0.2, -0.15) is 11.8 Å². The quantitative estimate of drug-likeness (QED) is 0.702. The second-order valence-corrected chi connectivity index (χ2v) is 6.02. The lowest BCUT2D eigenvalue weighted by Crippen LogP contribution is -2.36. The number of nitrogens with one attached hydrogen (secondary N) is 2. The Bertz CT molecular complexity index is 233. The molecule has 0 aromatic rings. The third-order valence-corrected chi connectivity index (χ3v) is 4.09. The van der Waals surface area contributed by atoms with Gasteiger partial charge in [0.25, 0.3) is 0 Å². The third-order valence-electron chi connectivity index (χ3n) is 2.95. The molecule has 1 rings (SSSR count). The minimum atomic E-state index is 0.105. The van der Waals surface area contributed by atoms with Crippen molar-refractivity contribution in [1.29, 1.82) is 0 Å². The maximum absolute atomic E-state index is 11.6. The highest BCUT2D eigenvalue weighted by Crippen LogP contribution is 2.07. The Morgan fingerprint density at radius 2 is 2.22 bits per heavy atom. The number of ether oxygens (including phenoxy) is 1. The van der Waals surface area contributed by atoms with Gasteiger partial charge < -0.3 is 15.4 Å². The van der Waals surface area contributed by atoms with Crippen molar-refractivity contribution in [2.24, 2.45) is 0 Å². The van der Waals surface area contributed by atoms with Gasteiger partial charge in [-0.3, -0.25) is 4.79 Å². The van der Waals surface area contributed by atoms with Crippen LogP contribution in [0, 0.1) is 0 Å². The van der Waals surface area contributed by atoms with E-state index in [-0.39, 0.29) is 11.9 Å². The summed E-state index contributed by atoms with van der Waals surface area (Å²) >= 11 is 1.85. The Labute approximate surface area is 115 Å². The van der Waals surface area contributed by atoms with Gasteiger partial charge in [-0.25, -0.2) is 0 Å². The van der Waals surface area contributed by atoms with Crippen molar-refractivity contribution in [2.45, 2.75) is 45.3 Å². The topological polar surface area (TPSA) is 50.4 Å². The van der Waals surface area contributed by atoms with Gasteiger partial charge in [0.2, 0.25) is 5.91 Å². The number of carbonyl (C=O) groups excluding carboxylic acids is 1. The molecule has 5 heteroatoms. The predicted octanol–water partition coefficient (Wildman–Crippen LogP) is 1.40. The SMILES string of the molecule is CCSCC(C)NC(=O)CCOC1CCNCC1. The van der Waals surface area contributed by atoms with Crippen LogP contribution >= 0.6 is 11.8 Å². The summed E-state index contributed by atoms with van der Waals surface area (Å²) in [7, 11) is 0. The van der Waals surface area contributed by atoms with Crippen molar-refractivity contribution < 1.29 is 9.53 Å². The lowest BCUT2D eigenvalue weighted by Gasteiger charge is -2.23. The van der Waals surface area contributed by atoms with Crippen LogP contribution in [-0.2, 0) is 9.53 Å². The van der Waals surface area contributed by atoms with Crippen LogP contribution in [0.15, 0.2) is 0 Å². The highest BCUT2D eigenvalue weighted by atomic mass is 32.2. The number of hydrogen-bond donors (Lipinski definition) is 2. The van der Waals surface area contributed by atoms with E-state index in [4.69, 9.17) is 4.74 Å². The van der Waals surface area contributed by atoms with E-state index in [1.165, 1.54) is 0 Å². The number of amides is 1. The van der Waals surface area contributed by atoms with Gasteiger partial charge in [0.05, 0.1) is 12.7 Å². The van der Waals surface area contributed by atoms with Gasteiger partial charge in [-0.15, -0.1) is 0 Å². The molecule has 0 saturated carbocycles. The van der Waals surface area contributed by atoms with Crippen molar-refractivity contribution in [3.63, 3.8) is 0 Å². The minimum absolute atomic E-state index is 0.105. The molecule has 1 fully saturated rings. The van der Waals surface area contributed by atoms with E-state index in [1.807, 2.05) is 18.7 Å². The lowest BCUT2D eigenvalue weighted by atomic mass is 10.1. The zero-order valence-corrected chi connectivity index (χ0v) is 12.4. The summed E-state index contributed by atoms with van der Waals surface area (Å²) in [4.78, 5) is 11.6. The molecule has 106 valence electrons. The maximum Gasteiger partial charge on any atom is 0.222 e. The molecule has 1 saturated heterocycles. The van der Waals surface area contributed by atoms with Crippen LogP contribution in [0.5, 0.6) is 0 Å². The van der Waals surface area contributed by atoms with Crippen molar-refractivity contribution >= 4 is 17.7 Å². The fourth-order valence-electron chi connectivity index (χ4n) is 1.96. The smallest absolute Gasteiger partial charge is 0.222 e. The highest BCUT2D eigenvalue weighted by molar-refractivity contribution is 7.99. The molecule has 1 unspecified atom stereocenters. The summed E-state index contributed by atoms with van der Waals surface area (Å²) in [6.07, 6.45) is 2.94. The summed E-state index contributed by atoms with van der Waals surface area (Å²) in [5, 5.41) is 6.30. The molecular weight excluding hydrogens is 248 g/mol. The van der Waals surface area contributed by atoms with Crippen LogP contribution in [-0.4, -0.2) is 49.3 Å². The summed E-state index contributed by atoms with van der Waals surface area (Å²) in [5.74, 6) is 2.18. The lowest BCUT2D eigenvalue weighted by molar-refractivity contribution is -0.123. The summed E-state index contributed by atoms with van der Waals surface area (Å²) in [5.41, 5.74) is 0. The molecular formula is C13H26N2O2S. The zero-order valence-electron chi connectivity index (χ0n) is 11.5. The first kappa shape index (κ1) is 15.8. The molecule has 1 aliphatic heterocycles. The molecule has 0 aromatic carbocycles. The first-order chi connectivity index (χ1) is 8.72. The van der Waals surface area contributed by atoms with Gasteiger partial charge in [-0.05, 0) is 38.6 Å². The molecule has 4 nitrogen and oxygen atoms in total. The number of rotatable bonds is 8. The van der Waals surface area contributed by atoms with Crippen LogP contribution in [0.25, 0.3) is 0 Å². The molecule has 18 heavy (non-hydrogen) atoms. The average Bonchev–Trinajstić information content (AvgIpc) is 2.37. The largest absolute Gasteiger partial charge is 0.378 e. The molecule has 2 N–H and O–H groups in total. The Morgan fingerprint density at radius 3 is 2.89 bits per heavy atom. The van der Waals surface area contributed by atoms with Gasteiger partial charge in [0, 0.05) is 18.2 Å². The van der Waals surface area contributed by atoms with E-state index in [0.29, 0.717) is 19.1 Å². The fourth-order valence-corrected chi connectivity index (χ4v) is 2.64. The van der Waals surface area contributed by atoms with Gasteiger partial charge in [0.1, 0.15) is 0 Å². The predicted molar refractivity (Wildman–Crippen MR) is 77.1 cm³/mol. The van der Waals surface area contributed by atoms with E-state index < -0.39 is 0 Å². The first-order valence-corrected chi connectivity index (χ1v) is 8.07. The monoisotopic (exact) mass is 274 g/mol. The van der Waals surface area contributed by atoms with Crippen molar-refractivity contribution in [1.82, 2.24) is 10.6 Å². The van der Waals surface area contributed by atoms with Crippen LogP contribution in [0.4, 0.5) is 0 Å². The molecule has 1 aliphatic rings. The van der Waals surface area contributed by atoms with Crippen LogP contribution in [0.2, 0.25) is 0 Å².